The minimum atomic E-state index is -0.299. The molecule has 0 saturated heterocycles. The molecule has 0 spiro atoms. The van der Waals surface area contributed by atoms with Gasteiger partial charge in [-0.15, -0.1) is 0 Å². The van der Waals surface area contributed by atoms with Crippen molar-refractivity contribution in [3.8, 4) is 0 Å². The Morgan fingerprint density at radius 3 is 2.80 bits per heavy atom. The van der Waals surface area contributed by atoms with E-state index in [1.807, 2.05) is 24.3 Å². The molecule has 0 aromatic heterocycles. The van der Waals surface area contributed by atoms with Gasteiger partial charge in [-0.1, -0.05) is 30.3 Å². The van der Waals surface area contributed by atoms with Crippen molar-refractivity contribution in [1.82, 2.24) is 5.32 Å². The van der Waals surface area contributed by atoms with Crippen molar-refractivity contribution in [3.63, 3.8) is 0 Å². The maximum atomic E-state index is 13.5. The summed E-state index contributed by atoms with van der Waals surface area (Å²) in [6.45, 7) is 1.74. The van der Waals surface area contributed by atoms with Crippen LogP contribution in [-0.4, -0.2) is 19.2 Å². The van der Waals surface area contributed by atoms with Crippen LogP contribution in [-0.2, 0) is 17.8 Å². The van der Waals surface area contributed by atoms with Crippen LogP contribution in [0, 0.1) is 11.7 Å². The maximum absolute atomic E-state index is 13.5. The van der Waals surface area contributed by atoms with Crippen LogP contribution in [0.2, 0.25) is 0 Å². The van der Waals surface area contributed by atoms with E-state index in [-0.39, 0.29) is 11.8 Å². The summed E-state index contributed by atoms with van der Waals surface area (Å²) in [5.41, 5.74) is 2.35. The molecule has 1 aliphatic rings. The summed E-state index contributed by atoms with van der Waals surface area (Å²) in [7, 11) is 0. The number of amides is 2. The number of carbonyl (C=O) groups is 1. The van der Waals surface area contributed by atoms with Gasteiger partial charge >= 0.3 is 6.03 Å². The highest BCUT2D eigenvalue weighted by Gasteiger charge is 2.21. The third-order valence-electron chi connectivity index (χ3n) is 4.14. The van der Waals surface area contributed by atoms with Crippen molar-refractivity contribution in [3.05, 3.63) is 65.5 Å². The SMILES string of the molecule is O=C(NCCc1ccccc1F)Nc1cccc(COCC2CC2)c1. The quantitative estimate of drug-likeness (QED) is 0.758. The van der Waals surface area contributed by atoms with Crippen molar-refractivity contribution >= 4 is 11.7 Å². The van der Waals surface area contributed by atoms with E-state index in [0.29, 0.717) is 25.1 Å². The number of hydrogen-bond donors (Lipinski definition) is 2. The Labute approximate surface area is 147 Å². The Bertz CT molecular complexity index is 716. The van der Waals surface area contributed by atoms with Crippen LogP contribution >= 0.6 is 0 Å². The van der Waals surface area contributed by atoms with E-state index in [2.05, 4.69) is 10.6 Å². The average molecular weight is 342 g/mol. The third kappa shape index (κ3) is 5.87. The molecule has 4 nitrogen and oxygen atoms in total. The molecule has 1 saturated carbocycles. The smallest absolute Gasteiger partial charge is 0.319 e. The van der Waals surface area contributed by atoms with E-state index in [4.69, 9.17) is 4.74 Å². The van der Waals surface area contributed by atoms with Gasteiger partial charge in [0.2, 0.25) is 0 Å². The predicted octanol–water partition coefficient (Wildman–Crippen LogP) is 4.12. The zero-order chi connectivity index (χ0) is 17.5. The van der Waals surface area contributed by atoms with Gasteiger partial charge in [0.25, 0.3) is 0 Å². The standard InChI is InChI=1S/C20H23FN2O2/c21-19-7-2-1-5-17(19)10-11-22-20(24)23-18-6-3-4-16(12-18)14-25-13-15-8-9-15/h1-7,12,15H,8-11,13-14H2,(H2,22,23,24). The topological polar surface area (TPSA) is 50.4 Å². The van der Waals surface area contributed by atoms with Gasteiger partial charge in [0, 0.05) is 18.8 Å². The molecule has 1 fully saturated rings. The molecule has 2 aromatic rings. The Morgan fingerprint density at radius 1 is 1.16 bits per heavy atom. The summed E-state index contributed by atoms with van der Waals surface area (Å²) in [4.78, 5) is 12.0. The molecule has 2 amide bonds. The monoisotopic (exact) mass is 342 g/mol. The first-order valence-electron chi connectivity index (χ1n) is 8.65. The summed E-state index contributed by atoms with van der Waals surface area (Å²) in [5, 5.41) is 5.54. The van der Waals surface area contributed by atoms with Gasteiger partial charge in [-0.2, -0.15) is 0 Å². The number of hydrogen-bond acceptors (Lipinski definition) is 2. The molecule has 0 heterocycles. The van der Waals surface area contributed by atoms with E-state index in [9.17, 15) is 9.18 Å². The van der Waals surface area contributed by atoms with Gasteiger partial charge in [0.15, 0.2) is 0 Å². The van der Waals surface area contributed by atoms with Crippen LogP contribution in [0.15, 0.2) is 48.5 Å². The second-order valence-electron chi connectivity index (χ2n) is 6.38. The lowest BCUT2D eigenvalue weighted by atomic mass is 10.1. The lowest BCUT2D eigenvalue weighted by Crippen LogP contribution is -2.30. The number of rotatable bonds is 8. The van der Waals surface area contributed by atoms with E-state index >= 15 is 0 Å². The summed E-state index contributed by atoms with van der Waals surface area (Å²) in [6, 6.07) is 13.9. The predicted molar refractivity (Wildman–Crippen MR) is 95.9 cm³/mol. The molecule has 0 aliphatic heterocycles. The van der Waals surface area contributed by atoms with Crippen LogP contribution in [0.4, 0.5) is 14.9 Å². The summed E-state index contributed by atoms with van der Waals surface area (Å²) in [6.07, 6.45) is 3.00. The molecule has 5 heteroatoms. The Kier molecular flexibility index (Phi) is 6.01. The highest BCUT2D eigenvalue weighted by Crippen LogP contribution is 2.29. The number of urea groups is 1. The zero-order valence-electron chi connectivity index (χ0n) is 14.1. The minimum absolute atomic E-state index is 0.247. The van der Waals surface area contributed by atoms with E-state index in [1.54, 1.807) is 18.2 Å². The van der Waals surface area contributed by atoms with Gasteiger partial charge in [-0.05, 0) is 54.5 Å². The number of anilines is 1. The Morgan fingerprint density at radius 2 is 2.00 bits per heavy atom. The average Bonchev–Trinajstić information content (AvgIpc) is 3.41. The second-order valence-corrected chi connectivity index (χ2v) is 6.38. The van der Waals surface area contributed by atoms with Crippen molar-refractivity contribution in [2.75, 3.05) is 18.5 Å². The van der Waals surface area contributed by atoms with Crippen LogP contribution < -0.4 is 10.6 Å². The molecule has 0 unspecified atom stereocenters. The highest BCUT2D eigenvalue weighted by molar-refractivity contribution is 5.89. The summed E-state index contributed by atoms with van der Waals surface area (Å²) >= 11 is 0. The van der Waals surface area contributed by atoms with E-state index < -0.39 is 0 Å². The lowest BCUT2D eigenvalue weighted by molar-refractivity contribution is 0.111. The first-order chi connectivity index (χ1) is 12.2. The molecule has 0 atom stereocenters. The third-order valence-corrected chi connectivity index (χ3v) is 4.14. The normalized spacial score (nSPS) is 13.5. The van der Waals surface area contributed by atoms with Crippen LogP contribution in [0.1, 0.15) is 24.0 Å². The molecule has 2 N–H and O–H groups in total. The first kappa shape index (κ1) is 17.4. The van der Waals surface area contributed by atoms with Crippen molar-refractivity contribution < 1.29 is 13.9 Å². The fourth-order valence-corrected chi connectivity index (χ4v) is 2.55. The zero-order valence-corrected chi connectivity index (χ0v) is 14.1. The minimum Gasteiger partial charge on any atom is -0.376 e. The van der Waals surface area contributed by atoms with Crippen molar-refractivity contribution in [2.24, 2.45) is 5.92 Å². The Balaban J connectivity index is 1.41. The number of benzene rings is 2. The molecule has 2 aromatic carbocycles. The van der Waals surface area contributed by atoms with Gasteiger partial charge in [0.1, 0.15) is 5.82 Å². The molecular weight excluding hydrogens is 319 g/mol. The fourth-order valence-electron chi connectivity index (χ4n) is 2.55. The van der Waals surface area contributed by atoms with Crippen molar-refractivity contribution in [1.29, 1.82) is 0 Å². The van der Waals surface area contributed by atoms with Gasteiger partial charge in [0.05, 0.1) is 6.61 Å². The second kappa shape index (κ2) is 8.62. The fraction of sp³-hybridized carbons (Fsp3) is 0.350. The molecule has 0 bridgehead atoms. The Hall–Kier alpha value is -2.40. The molecule has 25 heavy (non-hydrogen) atoms. The summed E-state index contributed by atoms with van der Waals surface area (Å²) in [5.74, 6) is 0.491. The molecule has 132 valence electrons. The first-order valence-corrected chi connectivity index (χ1v) is 8.65. The van der Waals surface area contributed by atoms with Crippen molar-refractivity contribution in [2.45, 2.75) is 25.9 Å². The molecule has 1 aliphatic carbocycles. The molecular formula is C20H23FN2O2. The highest BCUT2D eigenvalue weighted by atomic mass is 19.1. The largest absolute Gasteiger partial charge is 0.376 e. The molecule has 3 rings (SSSR count). The van der Waals surface area contributed by atoms with Crippen LogP contribution in [0.5, 0.6) is 0 Å². The molecule has 0 radical (unpaired) electrons. The van der Waals surface area contributed by atoms with E-state index in [1.165, 1.54) is 18.9 Å². The summed E-state index contributed by atoms with van der Waals surface area (Å²) < 4.78 is 19.2. The number of halogens is 1. The van der Waals surface area contributed by atoms with E-state index in [0.717, 1.165) is 23.8 Å². The van der Waals surface area contributed by atoms with Crippen LogP contribution in [0.3, 0.4) is 0 Å². The lowest BCUT2D eigenvalue weighted by Gasteiger charge is -2.10. The van der Waals surface area contributed by atoms with Gasteiger partial charge in [-0.3, -0.25) is 0 Å². The van der Waals surface area contributed by atoms with Gasteiger partial charge in [-0.25, -0.2) is 9.18 Å². The number of carbonyl (C=O) groups excluding carboxylic acids is 1. The number of ether oxygens (including phenoxy) is 1. The van der Waals surface area contributed by atoms with Gasteiger partial charge < -0.3 is 15.4 Å². The number of nitrogens with one attached hydrogen (secondary N) is 2. The maximum Gasteiger partial charge on any atom is 0.319 e. The van der Waals surface area contributed by atoms with Crippen LogP contribution in [0.25, 0.3) is 0 Å².